The van der Waals surface area contributed by atoms with Gasteiger partial charge >= 0.3 is 0 Å². The lowest BCUT2D eigenvalue weighted by Gasteiger charge is -2.25. The molecular formula is C16H22N2O3. The van der Waals surface area contributed by atoms with Gasteiger partial charge in [0.05, 0.1) is 13.0 Å². The predicted octanol–water partition coefficient (Wildman–Crippen LogP) is 1.36. The number of ether oxygens (including phenoxy) is 1. The molecule has 1 aliphatic heterocycles. The standard InChI is InChI=1S/C16H22N2O3/c1-3-21-14-7-5-13(6-8-14)11-15(19)18-10-4-9-17-16(20)12(18)2/h5-8,12H,3-4,9-11H2,1-2H3,(H,17,20). The molecule has 21 heavy (non-hydrogen) atoms. The van der Waals surface area contributed by atoms with Gasteiger partial charge in [0.2, 0.25) is 11.8 Å². The number of hydrogen-bond acceptors (Lipinski definition) is 3. The molecule has 1 saturated heterocycles. The zero-order valence-corrected chi connectivity index (χ0v) is 12.6. The van der Waals surface area contributed by atoms with Crippen LogP contribution in [0.2, 0.25) is 0 Å². The average molecular weight is 290 g/mol. The first-order chi connectivity index (χ1) is 10.1. The van der Waals surface area contributed by atoms with Crippen LogP contribution < -0.4 is 10.1 Å². The molecule has 114 valence electrons. The van der Waals surface area contributed by atoms with Crippen molar-refractivity contribution in [1.82, 2.24) is 10.2 Å². The third-order valence-corrected chi connectivity index (χ3v) is 3.63. The predicted molar refractivity (Wildman–Crippen MR) is 80.1 cm³/mol. The summed E-state index contributed by atoms with van der Waals surface area (Å²) in [5.41, 5.74) is 0.931. The molecule has 1 heterocycles. The molecule has 0 bridgehead atoms. The van der Waals surface area contributed by atoms with Gasteiger partial charge in [-0.25, -0.2) is 0 Å². The maximum Gasteiger partial charge on any atom is 0.242 e. The number of hydrogen-bond donors (Lipinski definition) is 1. The molecule has 1 unspecified atom stereocenters. The zero-order valence-electron chi connectivity index (χ0n) is 12.6. The number of carbonyl (C=O) groups is 2. The highest BCUT2D eigenvalue weighted by Crippen LogP contribution is 2.14. The Morgan fingerprint density at radius 3 is 2.76 bits per heavy atom. The van der Waals surface area contributed by atoms with E-state index in [2.05, 4.69) is 5.32 Å². The summed E-state index contributed by atoms with van der Waals surface area (Å²) >= 11 is 0. The fourth-order valence-corrected chi connectivity index (χ4v) is 2.43. The van der Waals surface area contributed by atoms with Crippen LogP contribution in [0.15, 0.2) is 24.3 Å². The second-order valence-electron chi connectivity index (χ2n) is 5.16. The highest BCUT2D eigenvalue weighted by molar-refractivity contribution is 5.88. The molecule has 2 rings (SSSR count). The molecule has 0 saturated carbocycles. The van der Waals surface area contributed by atoms with Crippen molar-refractivity contribution in [3.05, 3.63) is 29.8 Å². The van der Waals surface area contributed by atoms with Crippen LogP contribution in [0.4, 0.5) is 0 Å². The van der Waals surface area contributed by atoms with Crippen molar-refractivity contribution in [3.8, 4) is 5.75 Å². The van der Waals surface area contributed by atoms with Crippen LogP contribution in [-0.2, 0) is 16.0 Å². The lowest BCUT2D eigenvalue weighted by molar-refractivity contribution is -0.138. The largest absolute Gasteiger partial charge is 0.494 e. The first-order valence-corrected chi connectivity index (χ1v) is 7.40. The molecule has 2 amide bonds. The van der Waals surface area contributed by atoms with E-state index in [1.807, 2.05) is 31.2 Å². The van der Waals surface area contributed by atoms with E-state index < -0.39 is 6.04 Å². The summed E-state index contributed by atoms with van der Waals surface area (Å²) in [7, 11) is 0. The first-order valence-electron chi connectivity index (χ1n) is 7.40. The number of amides is 2. The quantitative estimate of drug-likeness (QED) is 0.911. The van der Waals surface area contributed by atoms with E-state index in [1.165, 1.54) is 0 Å². The lowest BCUT2D eigenvalue weighted by Crippen LogP contribution is -2.45. The van der Waals surface area contributed by atoms with E-state index in [0.717, 1.165) is 17.7 Å². The van der Waals surface area contributed by atoms with E-state index in [0.29, 0.717) is 26.1 Å². The molecule has 0 radical (unpaired) electrons. The van der Waals surface area contributed by atoms with Crippen LogP contribution in [0, 0.1) is 0 Å². The summed E-state index contributed by atoms with van der Waals surface area (Å²) in [4.78, 5) is 25.8. The summed E-state index contributed by atoms with van der Waals surface area (Å²) < 4.78 is 5.38. The minimum absolute atomic E-state index is 0.0105. The molecule has 0 aliphatic carbocycles. The average Bonchev–Trinajstić information content (AvgIpc) is 2.64. The minimum atomic E-state index is -0.400. The Hall–Kier alpha value is -2.04. The van der Waals surface area contributed by atoms with Gasteiger partial charge in [0.1, 0.15) is 11.8 Å². The lowest BCUT2D eigenvalue weighted by atomic mass is 10.1. The van der Waals surface area contributed by atoms with Crippen molar-refractivity contribution in [2.45, 2.75) is 32.7 Å². The molecule has 1 fully saturated rings. The summed E-state index contributed by atoms with van der Waals surface area (Å²) in [6, 6.07) is 7.12. The second kappa shape index (κ2) is 7.11. The summed E-state index contributed by atoms with van der Waals surface area (Å²) in [5, 5.41) is 2.82. The highest BCUT2D eigenvalue weighted by atomic mass is 16.5. The Morgan fingerprint density at radius 2 is 2.10 bits per heavy atom. The van der Waals surface area contributed by atoms with Gasteiger partial charge in [0.25, 0.3) is 0 Å². The number of rotatable bonds is 4. The minimum Gasteiger partial charge on any atom is -0.494 e. The Morgan fingerprint density at radius 1 is 1.38 bits per heavy atom. The van der Waals surface area contributed by atoms with Gasteiger partial charge < -0.3 is 15.0 Å². The maximum absolute atomic E-state index is 12.4. The number of nitrogens with zero attached hydrogens (tertiary/aromatic N) is 1. The Kier molecular flexibility index (Phi) is 5.20. The summed E-state index contributed by atoms with van der Waals surface area (Å²) in [6.45, 7) is 5.59. The normalized spacial score (nSPS) is 18.9. The first kappa shape index (κ1) is 15.4. The van der Waals surface area contributed by atoms with Gasteiger partial charge in [-0.3, -0.25) is 9.59 Å². The van der Waals surface area contributed by atoms with Gasteiger partial charge in [-0.05, 0) is 38.0 Å². The monoisotopic (exact) mass is 290 g/mol. The molecule has 1 aromatic carbocycles. The third kappa shape index (κ3) is 3.97. The van der Waals surface area contributed by atoms with Crippen molar-refractivity contribution >= 4 is 11.8 Å². The van der Waals surface area contributed by atoms with Crippen LogP contribution in [0.5, 0.6) is 5.75 Å². The van der Waals surface area contributed by atoms with Gasteiger partial charge in [0, 0.05) is 13.1 Å². The Balaban J connectivity index is 2.00. The number of nitrogens with one attached hydrogen (secondary N) is 1. The summed E-state index contributed by atoms with van der Waals surface area (Å²) in [5.74, 6) is 0.715. The molecular weight excluding hydrogens is 268 g/mol. The Bertz CT molecular complexity index is 499. The van der Waals surface area contributed by atoms with Gasteiger partial charge in [-0.15, -0.1) is 0 Å². The third-order valence-electron chi connectivity index (χ3n) is 3.63. The maximum atomic E-state index is 12.4. The van der Waals surface area contributed by atoms with Crippen LogP contribution in [-0.4, -0.2) is 42.5 Å². The van der Waals surface area contributed by atoms with E-state index in [1.54, 1.807) is 11.8 Å². The van der Waals surface area contributed by atoms with E-state index >= 15 is 0 Å². The molecule has 1 N–H and O–H groups in total. The molecule has 5 heteroatoms. The Labute approximate surface area is 125 Å². The van der Waals surface area contributed by atoms with Crippen molar-refractivity contribution < 1.29 is 14.3 Å². The summed E-state index contributed by atoms with van der Waals surface area (Å²) in [6.07, 6.45) is 1.11. The number of carbonyl (C=O) groups excluding carboxylic acids is 2. The van der Waals surface area contributed by atoms with E-state index in [-0.39, 0.29) is 11.8 Å². The smallest absolute Gasteiger partial charge is 0.242 e. The molecule has 1 aromatic rings. The van der Waals surface area contributed by atoms with Crippen molar-refractivity contribution in [3.63, 3.8) is 0 Å². The second-order valence-corrected chi connectivity index (χ2v) is 5.16. The molecule has 0 aromatic heterocycles. The van der Waals surface area contributed by atoms with Crippen molar-refractivity contribution in [2.24, 2.45) is 0 Å². The molecule has 5 nitrogen and oxygen atoms in total. The zero-order chi connectivity index (χ0) is 15.2. The van der Waals surface area contributed by atoms with Gasteiger partial charge in [0.15, 0.2) is 0 Å². The number of benzene rings is 1. The fourth-order valence-electron chi connectivity index (χ4n) is 2.43. The van der Waals surface area contributed by atoms with Crippen LogP contribution in [0.3, 0.4) is 0 Å². The molecule has 1 atom stereocenters. The van der Waals surface area contributed by atoms with Crippen molar-refractivity contribution in [1.29, 1.82) is 0 Å². The van der Waals surface area contributed by atoms with Gasteiger partial charge in [-0.1, -0.05) is 12.1 Å². The van der Waals surface area contributed by atoms with Crippen LogP contribution in [0.1, 0.15) is 25.8 Å². The van der Waals surface area contributed by atoms with E-state index in [4.69, 9.17) is 4.74 Å². The van der Waals surface area contributed by atoms with Crippen LogP contribution >= 0.6 is 0 Å². The topological polar surface area (TPSA) is 58.6 Å². The van der Waals surface area contributed by atoms with E-state index in [9.17, 15) is 9.59 Å². The SMILES string of the molecule is CCOc1ccc(CC(=O)N2CCCNC(=O)C2C)cc1. The fraction of sp³-hybridized carbons (Fsp3) is 0.500. The molecule has 1 aliphatic rings. The van der Waals surface area contributed by atoms with Crippen molar-refractivity contribution in [2.75, 3.05) is 19.7 Å². The van der Waals surface area contributed by atoms with Gasteiger partial charge in [-0.2, -0.15) is 0 Å². The van der Waals surface area contributed by atoms with Crippen LogP contribution in [0.25, 0.3) is 0 Å². The molecule has 0 spiro atoms. The highest BCUT2D eigenvalue weighted by Gasteiger charge is 2.27.